The Balaban J connectivity index is 0.000000673. The van der Waals surface area contributed by atoms with E-state index in [4.69, 9.17) is 46.1 Å². The Bertz CT molecular complexity index is 2940. The van der Waals surface area contributed by atoms with Crippen LogP contribution in [-0.4, -0.2) is 208 Å². The SMILES string of the molecule is CC(C)[C@@H]1NC(=O)[C@@H](Cc2ccc(OCCCNC(=O)c3ccc(N=[N+]=[Tc])nc3)cc2)NC(=O)[C@H](CC(=O)O)NC(=O)CNC(=O)[C@H](CCCN=C(N)N)NC1=O.CCOC(=O)CCC(NC(=O)c1ccncc1)C(=O)OCC.O=C(O)C[N-]C(CO)(CO)CO. The van der Waals surface area contributed by atoms with Crippen molar-refractivity contribution >= 4 is 77.0 Å². The van der Waals surface area contributed by atoms with Gasteiger partial charge in [0.05, 0.1) is 26.2 Å². The molecule has 0 aliphatic carbocycles. The third-order valence-corrected chi connectivity index (χ3v) is 12.7. The summed E-state index contributed by atoms with van der Waals surface area (Å²) >= 11 is 1.73. The zero-order valence-corrected chi connectivity index (χ0v) is 52.4. The van der Waals surface area contributed by atoms with Crippen LogP contribution in [0.15, 0.2) is 77.2 Å². The molecule has 35 heteroatoms. The summed E-state index contributed by atoms with van der Waals surface area (Å²) in [5, 5.41) is 68.9. The number of ether oxygens (including phenoxy) is 3. The maximum absolute atomic E-state index is 13.8. The smallest absolute Gasteiger partial charge is 0.328 e. The van der Waals surface area contributed by atoms with Crippen molar-refractivity contribution in [2.45, 2.75) is 108 Å². The molecule has 7 amide bonds. The summed E-state index contributed by atoms with van der Waals surface area (Å²) in [4.78, 5) is 148. The second-order valence-corrected chi connectivity index (χ2v) is 20.3. The van der Waals surface area contributed by atoms with E-state index >= 15 is 0 Å². The minimum Gasteiger partial charge on any atom is -0.642 e. The topological polar surface area (TPSA) is 532 Å². The van der Waals surface area contributed by atoms with E-state index in [9.17, 15) is 57.8 Å². The summed E-state index contributed by atoms with van der Waals surface area (Å²) in [5.41, 5.74) is 10.6. The number of rotatable bonds is 30. The van der Waals surface area contributed by atoms with Crippen LogP contribution in [0.3, 0.4) is 0 Å². The molecule has 1 unspecified atom stereocenters. The molecule has 0 saturated carbocycles. The van der Waals surface area contributed by atoms with Crippen molar-refractivity contribution in [3.63, 3.8) is 0 Å². The van der Waals surface area contributed by atoms with Crippen LogP contribution in [0.5, 0.6) is 5.75 Å². The van der Waals surface area contributed by atoms with Crippen molar-refractivity contribution in [2.75, 3.05) is 65.8 Å². The molecule has 91 heavy (non-hydrogen) atoms. The van der Waals surface area contributed by atoms with Crippen molar-refractivity contribution in [1.29, 1.82) is 0 Å². The zero-order valence-electron chi connectivity index (χ0n) is 50.5. The van der Waals surface area contributed by atoms with E-state index in [1.54, 1.807) is 82.8 Å². The molecule has 1 saturated heterocycles. The van der Waals surface area contributed by atoms with E-state index in [1.807, 2.05) is 0 Å². The van der Waals surface area contributed by atoms with Gasteiger partial charge in [-0.15, -0.1) is 0 Å². The first-order valence-electron chi connectivity index (χ1n) is 28.3. The Hall–Kier alpha value is -9.24. The number of nitrogens with two attached hydrogens (primary N) is 2. The third kappa shape index (κ3) is 30.7. The van der Waals surface area contributed by atoms with Crippen LogP contribution in [0.25, 0.3) is 5.32 Å². The molecule has 3 aromatic rings. The Labute approximate surface area is 533 Å². The summed E-state index contributed by atoms with van der Waals surface area (Å²) in [5.74, 6) is -8.15. The number of aromatic nitrogens is 2. The standard InChI is InChI=1S/C35H47N12O9.C15H20N2O5.C6H12NO5.Tc/c1-19(2)29-34(55)44-23(5-3-12-40-35(36)37)31(52)42-18-27(48)43-25(16-28(49)50)32(53)45-24(33(54)46-29)15-20-6-9-22(10-7-20)56-14-4-13-39-30(51)21-8-11-26(47-38)41-17-21;1-3-21-13(18)6-5-12(15(20)22-4-2)17-14(19)11-7-9-16-10-8-11;8-2-6(3-9,4-10)7-1-5(11)12;/h6-11,17,19,23-25,29H,3-5,12-16,18H2,1-2H3,(H,39,51)(H,42,52)(H,43,48)(H,44,55)(H,45,53)(H,46,54)(H,49,50)(H4,36,37,40);7-10,12H,3-6H2,1-2H3,(H,17,19);8-10H,1-4H2,(H,11,12);/q-1;;-1;+2/t23-,24+,25-,29-;;;/m0.../s1. The number of hydrogen-bond donors (Lipinski definition) is 14. The fourth-order valence-corrected chi connectivity index (χ4v) is 7.82. The van der Waals surface area contributed by atoms with Crippen LogP contribution in [0.2, 0.25) is 0 Å². The van der Waals surface area contributed by atoms with E-state index < -0.39 is 140 Å². The minimum atomic E-state index is -1.61. The number of nitrogens with one attached hydrogen (secondary N) is 7. The number of aliphatic carboxylic acids is 2. The van der Waals surface area contributed by atoms with E-state index in [1.165, 1.54) is 30.7 Å². The normalized spacial score (nSPS) is 16.3. The number of aliphatic hydroxyl groups excluding tert-OH is 3. The van der Waals surface area contributed by atoms with E-state index in [-0.39, 0.29) is 70.3 Å². The third-order valence-electron chi connectivity index (χ3n) is 12.5. The molecule has 0 bridgehead atoms. The zero-order chi connectivity index (χ0) is 67.9. The second-order valence-electron chi connectivity index (χ2n) is 19.9. The Kier molecular flexibility index (Phi) is 36.5. The molecule has 34 nitrogen and oxygen atoms in total. The van der Waals surface area contributed by atoms with Crippen molar-refractivity contribution in [1.82, 2.24) is 50.6 Å². The number of benzene rings is 1. The van der Waals surface area contributed by atoms with Gasteiger partial charge in [0.2, 0.25) is 29.5 Å². The first-order valence-corrected chi connectivity index (χ1v) is 29.2. The number of nitrogens with zero attached hydrogens (tertiary/aromatic N) is 6. The number of carbonyl (C=O) groups excluding carboxylic acids is 9. The van der Waals surface area contributed by atoms with Gasteiger partial charge in [-0.3, -0.25) is 53.1 Å². The number of amides is 7. The van der Waals surface area contributed by atoms with Gasteiger partial charge in [0.1, 0.15) is 36.0 Å². The molecule has 2 aromatic heterocycles. The molecule has 499 valence electrons. The van der Waals surface area contributed by atoms with Gasteiger partial charge in [-0.25, -0.2) is 4.79 Å². The van der Waals surface area contributed by atoms with Gasteiger partial charge >= 0.3 is 120 Å². The molecule has 3 heterocycles. The van der Waals surface area contributed by atoms with Gasteiger partial charge in [-0.05, 0) is 75.4 Å². The minimum absolute atomic E-state index is 0.0218. The molecule has 1 fully saturated rings. The van der Waals surface area contributed by atoms with Crippen LogP contribution in [-0.2, 0) is 77.8 Å². The average Bonchev–Trinajstić information content (AvgIpc) is 3.18. The number of guanidine groups is 1. The Morgan fingerprint density at radius 1 is 0.791 bits per heavy atom. The molecule has 16 N–H and O–H groups in total. The number of carboxylic acid groups (broad SMARTS) is 2. The van der Waals surface area contributed by atoms with Gasteiger partial charge in [0, 0.05) is 57.2 Å². The molecule has 0 spiro atoms. The predicted octanol–water partition coefficient (Wildman–Crippen LogP) is -2.80. The first kappa shape index (κ1) is 77.9. The maximum atomic E-state index is 13.8. The number of aliphatic hydroxyl groups is 3. The number of hydrogen-bond acceptors (Lipinski definition) is 21. The number of carbonyl (C=O) groups is 11. The fourth-order valence-electron chi connectivity index (χ4n) is 7.63. The quantitative estimate of drug-likeness (QED) is 0.00801. The van der Waals surface area contributed by atoms with E-state index in [0.717, 1.165) is 0 Å². The number of pyridine rings is 2. The molecular formula is C56H79N15O19Tc. The fraction of sp³-hybridized carbons (Fsp3) is 0.500. The molecular weight excluding hydrogens is 1280 g/mol. The van der Waals surface area contributed by atoms with Crippen LogP contribution in [0.4, 0.5) is 5.82 Å². The Morgan fingerprint density at radius 2 is 1.44 bits per heavy atom. The number of esters is 2. The van der Waals surface area contributed by atoms with Gasteiger partial charge in [0.25, 0.3) is 11.9 Å². The maximum Gasteiger partial charge on any atom is 0.328 e. The predicted molar refractivity (Wildman–Crippen MR) is 317 cm³/mol. The summed E-state index contributed by atoms with van der Waals surface area (Å²) < 4.78 is 19.1. The largest absolute Gasteiger partial charge is 0.642 e. The van der Waals surface area contributed by atoms with Crippen molar-refractivity contribution in [3.8, 4) is 5.75 Å². The first-order chi connectivity index (χ1) is 43.3. The van der Waals surface area contributed by atoms with Gasteiger partial charge in [-0.1, -0.05) is 31.5 Å². The number of aliphatic imine (C=N–C) groups is 1. The van der Waals surface area contributed by atoms with Gasteiger partial charge < -0.3 is 83.7 Å². The van der Waals surface area contributed by atoms with Crippen LogP contribution < -0.4 is 56.8 Å². The van der Waals surface area contributed by atoms with Gasteiger partial charge in [0.15, 0.2) is 5.96 Å². The molecule has 4 rings (SSSR count). The Morgan fingerprint density at radius 3 is 2.01 bits per heavy atom. The van der Waals surface area contributed by atoms with Crippen molar-refractivity contribution < 1.29 is 111 Å². The van der Waals surface area contributed by atoms with Gasteiger partial charge in [-0.2, -0.15) is 0 Å². The summed E-state index contributed by atoms with van der Waals surface area (Å²) in [7, 11) is 0. The molecule has 1 aliphatic rings. The summed E-state index contributed by atoms with van der Waals surface area (Å²) in [6.45, 7) is 5.02. The molecule has 0 radical (unpaired) electrons. The van der Waals surface area contributed by atoms with Crippen LogP contribution >= 0.6 is 0 Å². The van der Waals surface area contributed by atoms with E-state index in [2.05, 4.69) is 66.0 Å². The van der Waals surface area contributed by atoms with E-state index in [0.29, 0.717) is 41.2 Å². The molecule has 5 atom stereocenters. The van der Waals surface area contributed by atoms with Crippen LogP contribution in [0.1, 0.15) is 92.5 Å². The average molecular weight is 1360 g/mol. The van der Waals surface area contributed by atoms with Crippen molar-refractivity contribution in [3.05, 3.63) is 89.1 Å². The summed E-state index contributed by atoms with van der Waals surface area (Å²) in [6.07, 6.45) is 4.39. The monoisotopic (exact) mass is 1360 g/mol. The molecule has 1 aromatic carbocycles. The molecule has 1 aliphatic heterocycles. The van der Waals surface area contributed by atoms with Crippen molar-refractivity contribution in [2.24, 2.45) is 27.5 Å². The summed E-state index contributed by atoms with van der Waals surface area (Å²) in [6, 6.07) is 6.67. The number of carboxylic acids is 2. The second kappa shape index (κ2) is 42.6. The van der Waals surface area contributed by atoms with Crippen LogP contribution in [0, 0.1) is 5.92 Å².